The molecular formula is C19H31NO9. The number of carboxylic acid groups (broad SMARTS) is 2. The number of rotatable bonds is 12. The van der Waals surface area contributed by atoms with Crippen LogP contribution in [0.15, 0.2) is 24.3 Å². The Morgan fingerprint density at radius 2 is 1.66 bits per heavy atom. The molecule has 0 aliphatic rings. The van der Waals surface area contributed by atoms with E-state index in [-0.39, 0.29) is 6.61 Å². The summed E-state index contributed by atoms with van der Waals surface area (Å²) in [6, 6.07) is 4.30. The first-order chi connectivity index (χ1) is 16.4. The summed E-state index contributed by atoms with van der Waals surface area (Å²) < 4.78 is 61.9. The molecule has 166 valence electrons. The number of aliphatic carboxylic acids is 2. The van der Waals surface area contributed by atoms with E-state index in [9.17, 15) is 14.7 Å². The maximum Gasteiger partial charge on any atom is 0.335 e. The number of hydrogen-bond acceptors (Lipinski definition) is 8. The molecule has 0 saturated heterocycles. The number of hydrogen-bond donors (Lipinski definition) is 6. The third-order valence-corrected chi connectivity index (χ3v) is 3.28. The molecule has 0 aliphatic carbocycles. The number of benzene rings is 1. The van der Waals surface area contributed by atoms with Crippen LogP contribution in [0, 0.1) is 0 Å². The van der Waals surface area contributed by atoms with Gasteiger partial charge in [0.05, 0.1) is 6.61 Å². The molecule has 1 rings (SSSR count). The number of aliphatic hydroxyl groups is 3. The summed E-state index contributed by atoms with van der Waals surface area (Å²) in [6.07, 6.45) is -4.95. The fourth-order valence-electron chi connectivity index (χ4n) is 1.71. The average Bonchev–Trinajstić information content (AvgIpc) is 2.78. The third kappa shape index (κ3) is 12.8. The summed E-state index contributed by atoms with van der Waals surface area (Å²) in [5, 5.41) is 44.6. The molecule has 0 aromatic heterocycles. The highest BCUT2D eigenvalue weighted by molar-refractivity contribution is 5.83. The van der Waals surface area contributed by atoms with Crippen LogP contribution in [0.25, 0.3) is 0 Å². The molecule has 1 aromatic carbocycles. The molecule has 10 nitrogen and oxygen atoms in total. The topological polar surface area (TPSA) is 166 Å². The highest BCUT2D eigenvalue weighted by Crippen LogP contribution is 2.12. The Morgan fingerprint density at radius 1 is 1.10 bits per heavy atom. The molecule has 0 bridgehead atoms. The van der Waals surface area contributed by atoms with Crippen LogP contribution >= 0.6 is 0 Å². The fourth-order valence-corrected chi connectivity index (χ4v) is 1.71. The monoisotopic (exact) mass is 424 g/mol. The van der Waals surface area contributed by atoms with Gasteiger partial charge in [-0.1, -0.05) is 25.8 Å². The van der Waals surface area contributed by atoms with E-state index in [1.54, 1.807) is 19.2 Å². The van der Waals surface area contributed by atoms with Gasteiger partial charge in [-0.15, -0.1) is 0 Å². The van der Waals surface area contributed by atoms with Crippen molar-refractivity contribution >= 4 is 11.9 Å². The summed E-state index contributed by atoms with van der Waals surface area (Å²) >= 11 is 0. The standard InChI is InChI=1S/C15H25NO3.C4H6O6/c1-12(2)16-10-14(17)11-19-15-6-4-13(5-7-15)8-9-18-3;5-1(3(7)8)2(6)4(9)10/h4-7,12,14,16-17H,8-11H2,1-3H3;1-2,5-6H,(H,7,8)(H,9,10)/t;1-,2-/m.1/s1/i1D3,2D3,12D;. The van der Waals surface area contributed by atoms with Gasteiger partial charge in [0, 0.05) is 29.3 Å². The molecule has 0 fully saturated rings. The van der Waals surface area contributed by atoms with Crippen molar-refractivity contribution in [1.29, 1.82) is 0 Å². The number of nitrogens with one attached hydrogen (secondary N) is 1. The van der Waals surface area contributed by atoms with E-state index in [4.69, 9.17) is 39.5 Å². The van der Waals surface area contributed by atoms with Crippen molar-refractivity contribution < 1.29 is 54.2 Å². The van der Waals surface area contributed by atoms with Crippen molar-refractivity contribution in [2.75, 3.05) is 26.9 Å². The Labute approximate surface area is 179 Å². The maximum atomic E-state index is 9.92. The van der Waals surface area contributed by atoms with Gasteiger partial charge in [0.25, 0.3) is 0 Å². The predicted molar refractivity (Wildman–Crippen MR) is 104 cm³/mol. The van der Waals surface area contributed by atoms with Crippen molar-refractivity contribution in [2.24, 2.45) is 0 Å². The Kier molecular flexibility index (Phi) is 8.40. The molecule has 6 N–H and O–H groups in total. The smallest absolute Gasteiger partial charge is 0.335 e. The zero-order valence-corrected chi connectivity index (χ0v) is 15.7. The summed E-state index contributed by atoms with van der Waals surface area (Å²) in [6.45, 7) is -6.16. The first-order valence-corrected chi connectivity index (χ1v) is 8.33. The molecule has 0 amide bonds. The molecule has 1 aromatic rings. The van der Waals surface area contributed by atoms with E-state index < -0.39 is 56.5 Å². The first-order valence-electron chi connectivity index (χ1n) is 11.8. The lowest BCUT2D eigenvalue weighted by Crippen LogP contribution is -2.39. The summed E-state index contributed by atoms with van der Waals surface area (Å²) in [4.78, 5) is 19.5. The lowest BCUT2D eigenvalue weighted by atomic mass is 10.1. The number of methoxy groups -OCH3 is 1. The van der Waals surface area contributed by atoms with E-state index in [0.29, 0.717) is 12.4 Å². The van der Waals surface area contributed by atoms with Crippen molar-refractivity contribution in [3.63, 3.8) is 0 Å². The van der Waals surface area contributed by atoms with Gasteiger partial charge in [0.2, 0.25) is 0 Å². The first kappa shape index (κ1) is 16.5. The second-order valence-electron chi connectivity index (χ2n) is 5.67. The van der Waals surface area contributed by atoms with E-state index in [1.165, 1.54) is 0 Å². The van der Waals surface area contributed by atoms with Crippen LogP contribution in [0.1, 0.15) is 28.9 Å². The number of ether oxygens (including phenoxy) is 2. The Balaban J connectivity index is 0.00000103. The largest absolute Gasteiger partial charge is 0.491 e. The Bertz CT molecular complexity index is 787. The molecule has 1 unspecified atom stereocenters. The second kappa shape index (κ2) is 14.7. The molecule has 0 spiro atoms. The molecule has 3 atom stereocenters. The molecule has 0 aliphatic heterocycles. The predicted octanol–water partition coefficient (Wildman–Crippen LogP) is -0.509. The van der Waals surface area contributed by atoms with E-state index in [0.717, 1.165) is 12.0 Å². The molecule has 29 heavy (non-hydrogen) atoms. The zero-order chi connectivity index (χ0) is 28.3. The van der Waals surface area contributed by atoms with Crippen LogP contribution in [0.5, 0.6) is 5.75 Å². The molecule has 0 radical (unpaired) electrons. The Hall–Kier alpha value is -2.24. The minimum Gasteiger partial charge on any atom is -0.491 e. The van der Waals surface area contributed by atoms with E-state index in [1.807, 2.05) is 12.1 Å². The quantitative estimate of drug-likeness (QED) is 0.257. The molecule has 0 heterocycles. The normalized spacial score (nSPS) is 18.6. The van der Waals surface area contributed by atoms with Crippen LogP contribution in [0.3, 0.4) is 0 Å². The van der Waals surface area contributed by atoms with Gasteiger partial charge in [-0.25, -0.2) is 9.59 Å². The van der Waals surface area contributed by atoms with Crippen molar-refractivity contribution in [3.8, 4) is 5.75 Å². The van der Waals surface area contributed by atoms with Gasteiger partial charge in [-0.2, -0.15) is 0 Å². The number of carbonyl (C=O) groups is 2. The zero-order valence-electron chi connectivity index (χ0n) is 22.7. The highest BCUT2D eigenvalue weighted by Gasteiger charge is 2.29. The number of carboxylic acids is 2. The summed E-state index contributed by atoms with van der Waals surface area (Å²) in [5.41, 5.74) is 1.07. The average molecular weight is 424 g/mol. The van der Waals surface area contributed by atoms with Crippen molar-refractivity contribution in [3.05, 3.63) is 29.8 Å². The van der Waals surface area contributed by atoms with Gasteiger partial charge >= 0.3 is 11.9 Å². The van der Waals surface area contributed by atoms with Crippen LogP contribution < -0.4 is 10.1 Å². The molecule has 0 saturated carbocycles. The van der Waals surface area contributed by atoms with E-state index in [2.05, 4.69) is 5.32 Å². The minimum atomic E-state index is -3.09. The van der Waals surface area contributed by atoms with Gasteiger partial charge in [0.1, 0.15) is 18.5 Å². The van der Waals surface area contributed by atoms with Crippen molar-refractivity contribution in [2.45, 2.75) is 44.5 Å². The van der Waals surface area contributed by atoms with Gasteiger partial charge in [-0.05, 0) is 24.1 Å². The number of aliphatic hydroxyl groups excluding tert-OH is 3. The van der Waals surface area contributed by atoms with Gasteiger partial charge in [-0.3, -0.25) is 0 Å². The third-order valence-electron chi connectivity index (χ3n) is 3.28. The summed E-state index contributed by atoms with van der Waals surface area (Å²) in [7, 11) is 1.62. The van der Waals surface area contributed by atoms with Crippen LogP contribution in [0.2, 0.25) is 0 Å². The van der Waals surface area contributed by atoms with Crippen LogP contribution in [-0.2, 0) is 20.7 Å². The lowest BCUT2D eigenvalue weighted by molar-refractivity contribution is -0.165. The van der Waals surface area contributed by atoms with Gasteiger partial charge < -0.3 is 40.3 Å². The molecular weight excluding hydrogens is 386 g/mol. The highest BCUT2D eigenvalue weighted by atomic mass is 16.5. The molecule has 10 heteroatoms. The van der Waals surface area contributed by atoms with Crippen LogP contribution in [0.4, 0.5) is 0 Å². The second-order valence-corrected chi connectivity index (χ2v) is 5.67. The lowest BCUT2D eigenvalue weighted by Gasteiger charge is -2.15. The summed E-state index contributed by atoms with van der Waals surface area (Å²) in [5.74, 6) is -3.03. The SMILES string of the molecule is O=C(O)[C@H](O)[C@@H](O)C(=O)O.[2H]C([2H])([2H])C([2H])(NCC(O)COc1ccc(CCOC)cc1)C([2H])([2H])[2H]. The minimum absolute atomic E-state index is 0.178. The maximum absolute atomic E-state index is 9.92. The van der Waals surface area contributed by atoms with E-state index >= 15 is 0 Å². The van der Waals surface area contributed by atoms with Gasteiger partial charge in [0.15, 0.2) is 12.2 Å². The fraction of sp³-hybridized carbons (Fsp3) is 0.579. The van der Waals surface area contributed by atoms with Crippen LogP contribution in [-0.4, -0.2) is 88.7 Å². The Morgan fingerprint density at radius 3 is 2.10 bits per heavy atom. The van der Waals surface area contributed by atoms with Crippen molar-refractivity contribution in [1.82, 2.24) is 5.32 Å².